The zero-order chi connectivity index (χ0) is 18.1. The molecule has 0 radical (unpaired) electrons. The second-order valence-corrected chi connectivity index (χ2v) is 6.59. The zero-order valence-corrected chi connectivity index (χ0v) is 15.4. The lowest BCUT2D eigenvalue weighted by molar-refractivity contribution is 0.395. The number of anilines is 3. The average Bonchev–Trinajstić information content (AvgIpc) is 3.09. The smallest absolute Gasteiger partial charge is 0.207 e. The normalized spacial score (nSPS) is 13.4. The molecular weight excluding hydrogens is 326 g/mol. The SMILES string of the molecule is COc1cc(C)cc(OC)c1N1c2ccccc2CCCc2ccoc21. The van der Waals surface area contributed by atoms with E-state index in [0.29, 0.717) is 0 Å². The van der Waals surface area contributed by atoms with E-state index in [0.717, 1.165) is 53.6 Å². The number of methoxy groups -OCH3 is 2. The van der Waals surface area contributed by atoms with Crippen LogP contribution in [-0.2, 0) is 12.8 Å². The fraction of sp³-hybridized carbons (Fsp3) is 0.273. The number of rotatable bonds is 3. The molecule has 0 saturated carbocycles. The molecule has 1 aromatic heterocycles. The lowest BCUT2D eigenvalue weighted by atomic mass is 9.99. The van der Waals surface area contributed by atoms with Crippen LogP contribution in [0.3, 0.4) is 0 Å². The summed E-state index contributed by atoms with van der Waals surface area (Å²) in [6.45, 7) is 2.04. The highest BCUT2D eigenvalue weighted by Gasteiger charge is 2.28. The summed E-state index contributed by atoms with van der Waals surface area (Å²) >= 11 is 0. The van der Waals surface area contributed by atoms with Crippen molar-refractivity contribution in [2.75, 3.05) is 19.1 Å². The molecule has 3 aromatic rings. The number of para-hydroxylation sites is 1. The molecule has 0 spiro atoms. The van der Waals surface area contributed by atoms with E-state index >= 15 is 0 Å². The zero-order valence-electron chi connectivity index (χ0n) is 15.4. The predicted octanol–water partition coefficient (Wildman–Crippen LogP) is 5.56. The minimum atomic E-state index is 0.763. The van der Waals surface area contributed by atoms with Crippen LogP contribution in [0.15, 0.2) is 53.1 Å². The van der Waals surface area contributed by atoms with Gasteiger partial charge in [0.25, 0.3) is 0 Å². The Hall–Kier alpha value is -2.88. The Morgan fingerprint density at radius 3 is 2.35 bits per heavy atom. The second-order valence-electron chi connectivity index (χ2n) is 6.59. The molecule has 0 amide bonds. The maximum Gasteiger partial charge on any atom is 0.207 e. The molecule has 0 saturated heterocycles. The van der Waals surface area contributed by atoms with Crippen LogP contribution in [0.4, 0.5) is 17.3 Å². The molecule has 4 nitrogen and oxygen atoms in total. The standard InChI is InChI=1S/C22H23NO3/c1-15-13-19(24-2)21(20(14-15)25-3)23-18-10-5-4-7-16(18)8-6-9-17-11-12-26-22(17)23/h4-5,7,10-14H,6,8-9H2,1-3H3. The fourth-order valence-corrected chi connectivity index (χ4v) is 3.70. The Morgan fingerprint density at radius 1 is 0.923 bits per heavy atom. The molecule has 0 bridgehead atoms. The molecule has 2 aromatic carbocycles. The Kier molecular flexibility index (Phi) is 4.33. The van der Waals surface area contributed by atoms with Gasteiger partial charge in [-0.3, -0.25) is 4.90 Å². The number of furan rings is 1. The number of ether oxygens (including phenoxy) is 2. The summed E-state index contributed by atoms with van der Waals surface area (Å²) in [7, 11) is 3.38. The van der Waals surface area contributed by atoms with Crippen molar-refractivity contribution < 1.29 is 13.9 Å². The summed E-state index contributed by atoms with van der Waals surface area (Å²) in [6.07, 6.45) is 4.86. The van der Waals surface area contributed by atoms with E-state index in [2.05, 4.69) is 35.2 Å². The van der Waals surface area contributed by atoms with E-state index in [1.54, 1.807) is 20.5 Å². The van der Waals surface area contributed by atoms with Gasteiger partial charge in [-0.1, -0.05) is 18.2 Å². The highest BCUT2D eigenvalue weighted by Crippen LogP contribution is 2.49. The first-order valence-electron chi connectivity index (χ1n) is 8.90. The van der Waals surface area contributed by atoms with Gasteiger partial charge in [-0.05, 0) is 61.6 Å². The highest BCUT2D eigenvalue weighted by atomic mass is 16.5. The van der Waals surface area contributed by atoms with Gasteiger partial charge in [0.05, 0.1) is 26.2 Å². The van der Waals surface area contributed by atoms with Crippen LogP contribution in [-0.4, -0.2) is 14.2 Å². The molecule has 4 rings (SSSR count). The number of hydrogen-bond acceptors (Lipinski definition) is 4. The first kappa shape index (κ1) is 16.6. The molecule has 1 aliphatic rings. The lowest BCUT2D eigenvalue weighted by Gasteiger charge is -2.30. The van der Waals surface area contributed by atoms with Crippen LogP contribution in [0.2, 0.25) is 0 Å². The average molecular weight is 349 g/mol. The summed E-state index contributed by atoms with van der Waals surface area (Å²) in [4.78, 5) is 2.14. The quantitative estimate of drug-likeness (QED) is 0.620. The van der Waals surface area contributed by atoms with E-state index in [1.807, 2.05) is 19.1 Å². The summed E-state index contributed by atoms with van der Waals surface area (Å²) in [6, 6.07) is 14.6. The molecule has 0 aliphatic carbocycles. The van der Waals surface area contributed by atoms with Gasteiger partial charge in [0.15, 0.2) is 0 Å². The Labute approximate surface area is 154 Å². The number of fused-ring (bicyclic) bond motifs is 2. The molecule has 0 atom stereocenters. The maximum atomic E-state index is 5.96. The van der Waals surface area contributed by atoms with Crippen LogP contribution < -0.4 is 14.4 Å². The van der Waals surface area contributed by atoms with Gasteiger partial charge in [0.1, 0.15) is 17.2 Å². The van der Waals surface area contributed by atoms with Gasteiger partial charge in [-0.15, -0.1) is 0 Å². The first-order chi connectivity index (χ1) is 12.7. The highest BCUT2D eigenvalue weighted by molar-refractivity contribution is 5.85. The van der Waals surface area contributed by atoms with E-state index in [9.17, 15) is 0 Å². The van der Waals surface area contributed by atoms with E-state index in [-0.39, 0.29) is 0 Å². The van der Waals surface area contributed by atoms with Crippen LogP contribution in [0.25, 0.3) is 0 Å². The third-order valence-corrected chi connectivity index (χ3v) is 4.90. The maximum absolute atomic E-state index is 5.96. The Balaban J connectivity index is 2.04. The van der Waals surface area contributed by atoms with E-state index in [1.165, 1.54) is 11.1 Å². The first-order valence-corrected chi connectivity index (χ1v) is 8.90. The van der Waals surface area contributed by atoms with Crippen molar-refractivity contribution >= 4 is 17.3 Å². The molecule has 26 heavy (non-hydrogen) atoms. The molecule has 134 valence electrons. The van der Waals surface area contributed by atoms with Crippen molar-refractivity contribution in [1.29, 1.82) is 0 Å². The molecule has 2 heterocycles. The second kappa shape index (κ2) is 6.79. The number of benzene rings is 2. The minimum absolute atomic E-state index is 0.763. The monoisotopic (exact) mass is 349 g/mol. The summed E-state index contributed by atoms with van der Waals surface area (Å²) < 4.78 is 17.4. The van der Waals surface area contributed by atoms with Crippen molar-refractivity contribution in [1.82, 2.24) is 0 Å². The molecule has 1 aliphatic heterocycles. The number of hydrogen-bond donors (Lipinski definition) is 0. The fourth-order valence-electron chi connectivity index (χ4n) is 3.70. The molecular formula is C22H23NO3. The van der Waals surface area contributed by atoms with Crippen LogP contribution in [0, 0.1) is 6.92 Å². The Bertz CT molecular complexity index is 904. The molecule has 0 fully saturated rings. The van der Waals surface area contributed by atoms with Crippen molar-refractivity contribution in [3.05, 3.63) is 65.4 Å². The van der Waals surface area contributed by atoms with Crippen LogP contribution >= 0.6 is 0 Å². The summed E-state index contributed by atoms with van der Waals surface area (Å²) in [5.41, 5.74) is 5.54. The van der Waals surface area contributed by atoms with Crippen molar-refractivity contribution in [2.24, 2.45) is 0 Å². The van der Waals surface area contributed by atoms with Gasteiger partial charge >= 0.3 is 0 Å². The third-order valence-electron chi connectivity index (χ3n) is 4.90. The lowest BCUT2D eigenvalue weighted by Crippen LogP contribution is -2.17. The number of nitrogens with zero attached hydrogens (tertiary/aromatic N) is 1. The van der Waals surface area contributed by atoms with Crippen LogP contribution in [0.5, 0.6) is 11.5 Å². The Morgan fingerprint density at radius 2 is 1.62 bits per heavy atom. The van der Waals surface area contributed by atoms with Gasteiger partial charge in [-0.2, -0.15) is 0 Å². The summed E-state index contributed by atoms with van der Waals surface area (Å²) in [5.74, 6) is 2.36. The van der Waals surface area contributed by atoms with Gasteiger partial charge in [0.2, 0.25) is 5.88 Å². The predicted molar refractivity (Wildman–Crippen MR) is 103 cm³/mol. The number of aryl methyl sites for hydroxylation is 3. The van der Waals surface area contributed by atoms with Crippen LogP contribution in [0.1, 0.15) is 23.1 Å². The van der Waals surface area contributed by atoms with Crippen molar-refractivity contribution in [3.8, 4) is 11.5 Å². The van der Waals surface area contributed by atoms with Crippen molar-refractivity contribution in [3.63, 3.8) is 0 Å². The molecule has 0 N–H and O–H groups in total. The minimum Gasteiger partial charge on any atom is -0.494 e. The largest absolute Gasteiger partial charge is 0.494 e. The van der Waals surface area contributed by atoms with Gasteiger partial charge < -0.3 is 13.9 Å². The van der Waals surface area contributed by atoms with Gasteiger partial charge in [-0.25, -0.2) is 0 Å². The molecule has 0 unspecified atom stereocenters. The van der Waals surface area contributed by atoms with Gasteiger partial charge in [0, 0.05) is 5.56 Å². The third kappa shape index (κ3) is 2.71. The summed E-state index contributed by atoms with van der Waals surface area (Å²) in [5, 5.41) is 0. The van der Waals surface area contributed by atoms with E-state index < -0.39 is 0 Å². The molecule has 4 heteroatoms. The van der Waals surface area contributed by atoms with Crippen molar-refractivity contribution in [2.45, 2.75) is 26.2 Å². The van der Waals surface area contributed by atoms with E-state index in [4.69, 9.17) is 13.9 Å². The topological polar surface area (TPSA) is 34.8 Å².